The minimum atomic E-state index is -0.0861. The van der Waals surface area contributed by atoms with Crippen molar-refractivity contribution in [2.24, 2.45) is 0 Å². The van der Waals surface area contributed by atoms with E-state index in [4.69, 9.17) is 9.47 Å². The second kappa shape index (κ2) is 7.83. The van der Waals surface area contributed by atoms with Gasteiger partial charge in [-0.3, -0.25) is 4.79 Å². The molecule has 0 atom stereocenters. The Morgan fingerprint density at radius 2 is 1.67 bits per heavy atom. The molecule has 0 spiro atoms. The Morgan fingerprint density at radius 3 is 2.33 bits per heavy atom. The Labute approximate surface area is 178 Å². The lowest BCUT2D eigenvalue weighted by molar-refractivity contribution is 0.101. The van der Waals surface area contributed by atoms with Crippen molar-refractivity contribution < 1.29 is 14.3 Å². The van der Waals surface area contributed by atoms with Crippen molar-refractivity contribution in [3.63, 3.8) is 0 Å². The molecule has 152 valence electrons. The highest BCUT2D eigenvalue weighted by molar-refractivity contribution is 6.15. The van der Waals surface area contributed by atoms with Gasteiger partial charge in [0.25, 0.3) is 0 Å². The maximum absolute atomic E-state index is 12.9. The first-order chi connectivity index (χ1) is 14.3. The Kier molecular flexibility index (Phi) is 5.21. The van der Waals surface area contributed by atoms with E-state index in [9.17, 15) is 4.79 Å². The summed E-state index contributed by atoms with van der Waals surface area (Å²) in [6.07, 6.45) is 1.80. The van der Waals surface area contributed by atoms with Crippen molar-refractivity contribution in [2.45, 2.75) is 39.7 Å². The summed E-state index contributed by atoms with van der Waals surface area (Å²) in [5.74, 6) is 1.51. The van der Waals surface area contributed by atoms with E-state index in [-0.39, 0.29) is 11.2 Å². The second-order valence-corrected chi connectivity index (χ2v) is 8.70. The smallest absolute Gasteiger partial charge is 0.232 e. The van der Waals surface area contributed by atoms with E-state index in [2.05, 4.69) is 32.9 Å². The van der Waals surface area contributed by atoms with E-state index in [1.807, 2.05) is 55.5 Å². The number of fused-ring (bicyclic) bond motifs is 1. The van der Waals surface area contributed by atoms with Gasteiger partial charge in [-0.1, -0.05) is 75.4 Å². The van der Waals surface area contributed by atoms with Gasteiger partial charge in [-0.2, -0.15) is 0 Å². The Bertz CT molecular complexity index is 1100. The fourth-order valence-corrected chi connectivity index (χ4v) is 3.53. The van der Waals surface area contributed by atoms with E-state index in [1.54, 1.807) is 12.1 Å². The van der Waals surface area contributed by atoms with E-state index < -0.39 is 0 Å². The summed E-state index contributed by atoms with van der Waals surface area (Å²) in [7, 11) is 0. The van der Waals surface area contributed by atoms with E-state index in [0.717, 1.165) is 16.7 Å². The summed E-state index contributed by atoms with van der Waals surface area (Å²) in [6.45, 7) is 8.93. The van der Waals surface area contributed by atoms with Crippen LogP contribution in [0, 0.1) is 6.92 Å². The third-order valence-electron chi connectivity index (χ3n) is 5.27. The number of hydrogen-bond acceptors (Lipinski definition) is 3. The number of hydrogen-bond donors (Lipinski definition) is 0. The van der Waals surface area contributed by atoms with Crippen molar-refractivity contribution >= 4 is 11.9 Å². The fraction of sp³-hybridized carbons (Fsp3) is 0.222. The van der Waals surface area contributed by atoms with Crippen LogP contribution in [0.2, 0.25) is 0 Å². The molecule has 1 aliphatic heterocycles. The van der Waals surface area contributed by atoms with E-state index >= 15 is 0 Å². The normalized spacial score (nSPS) is 14.5. The first-order valence-electron chi connectivity index (χ1n) is 10.2. The monoisotopic (exact) mass is 398 g/mol. The van der Waals surface area contributed by atoms with Crippen molar-refractivity contribution in [3.8, 4) is 11.5 Å². The molecule has 3 aromatic rings. The predicted molar refractivity (Wildman–Crippen MR) is 120 cm³/mol. The Morgan fingerprint density at radius 1 is 0.967 bits per heavy atom. The maximum atomic E-state index is 12.9. The standard InChI is InChI=1S/C27H26O3/c1-18-14-22(29-17-20-8-6-5-7-9-20)16-23-25(18)26(28)24(30-23)15-19-10-12-21(13-11-19)27(2,3)4/h5-16H,17H2,1-4H3/b24-15-. The van der Waals surface area contributed by atoms with Gasteiger partial charge in [0.15, 0.2) is 5.76 Å². The van der Waals surface area contributed by atoms with Gasteiger partial charge < -0.3 is 9.47 Å². The van der Waals surface area contributed by atoms with Crippen LogP contribution in [-0.2, 0) is 12.0 Å². The number of ether oxygens (including phenoxy) is 2. The molecule has 0 fully saturated rings. The molecular formula is C27H26O3. The number of Topliss-reactive ketones (excluding diaryl/α,β-unsaturated/α-hetero) is 1. The van der Waals surface area contributed by atoms with Gasteiger partial charge >= 0.3 is 0 Å². The van der Waals surface area contributed by atoms with Crippen LogP contribution in [0.25, 0.3) is 6.08 Å². The number of benzene rings is 3. The predicted octanol–water partition coefficient (Wildman–Crippen LogP) is 6.49. The van der Waals surface area contributed by atoms with Gasteiger partial charge in [0.2, 0.25) is 5.78 Å². The molecule has 0 saturated carbocycles. The third-order valence-corrected chi connectivity index (χ3v) is 5.27. The van der Waals surface area contributed by atoms with Gasteiger partial charge in [-0.15, -0.1) is 0 Å². The van der Waals surface area contributed by atoms with E-state index in [0.29, 0.717) is 29.4 Å². The molecule has 1 heterocycles. The topological polar surface area (TPSA) is 35.5 Å². The molecule has 3 aromatic carbocycles. The number of allylic oxidation sites excluding steroid dienone is 1. The zero-order valence-electron chi connectivity index (χ0n) is 17.9. The van der Waals surface area contributed by atoms with Crippen molar-refractivity contribution in [1.82, 2.24) is 0 Å². The molecule has 0 bridgehead atoms. The molecule has 0 saturated heterocycles. The lowest BCUT2D eigenvalue weighted by Gasteiger charge is -2.18. The average molecular weight is 399 g/mol. The first-order valence-corrected chi connectivity index (χ1v) is 10.2. The first kappa shape index (κ1) is 20.0. The highest BCUT2D eigenvalue weighted by atomic mass is 16.5. The Hall–Kier alpha value is -3.33. The minimum absolute atomic E-state index is 0.0861. The fourth-order valence-electron chi connectivity index (χ4n) is 3.53. The summed E-state index contributed by atoms with van der Waals surface area (Å²) in [5.41, 5.74) is 4.84. The van der Waals surface area contributed by atoms with Crippen LogP contribution in [0.15, 0.2) is 72.5 Å². The number of rotatable bonds is 4. The molecule has 3 heteroatoms. The largest absolute Gasteiger partial charge is 0.489 e. The van der Waals surface area contributed by atoms with Crippen LogP contribution < -0.4 is 9.47 Å². The summed E-state index contributed by atoms with van der Waals surface area (Å²) in [6, 6.07) is 21.9. The highest BCUT2D eigenvalue weighted by Crippen LogP contribution is 2.37. The maximum Gasteiger partial charge on any atom is 0.232 e. The van der Waals surface area contributed by atoms with Crippen LogP contribution in [0.1, 0.15) is 53.4 Å². The Balaban J connectivity index is 1.55. The molecule has 30 heavy (non-hydrogen) atoms. The summed E-state index contributed by atoms with van der Waals surface area (Å²) < 4.78 is 11.8. The number of ketones is 1. The quantitative estimate of drug-likeness (QED) is 0.471. The van der Waals surface area contributed by atoms with Crippen LogP contribution in [-0.4, -0.2) is 5.78 Å². The summed E-state index contributed by atoms with van der Waals surface area (Å²) in [4.78, 5) is 12.9. The molecule has 0 aliphatic carbocycles. The summed E-state index contributed by atoms with van der Waals surface area (Å²) in [5, 5.41) is 0. The molecule has 3 nitrogen and oxygen atoms in total. The van der Waals surface area contributed by atoms with E-state index in [1.165, 1.54) is 5.56 Å². The van der Waals surface area contributed by atoms with Crippen LogP contribution in [0.4, 0.5) is 0 Å². The number of aryl methyl sites for hydroxylation is 1. The minimum Gasteiger partial charge on any atom is -0.489 e. The SMILES string of the molecule is Cc1cc(OCc2ccccc2)cc2c1C(=O)/C(=C/c1ccc(C(C)(C)C)cc1)O2. The van der Waals surface area contributed by atoms with Gasteiger partial charge in [-0.05, 0) is 46.7 Å². The highest BCUT2D eigenvalue weighted by Gasteiger charge is 2.30. The molecule has 0 N–H and O–H groups in total. The molecule has 0 aromatic heterocycles. The van der Waals surface area contributed by atoms with Gasteiger partial charge in [-0.25, -0.2) is 0 Å². The molecule has 4 rings (SSSR count). The van der Waals surface area contributed by atoms with Crippen molar-refractivity contribution in [2.75, 3.05) is 0 Å². The second-order valence-electron chi connectivity index (χ2n) is 8.70. The molecule has 0 radical (unpaired) electrons. The van der Waals surface area contributed by atoms with Crippen LogP contribution in [0.5, 0.6) is 11.5 Å². The number of carbonyl (C=O) groups excluding carboxylic acids is 1. The lowest BCUT2D eigenvalue weighted by Crippen LogP contribution is -2.10. The molecular weight excluding hydrogens is 372 g/mol. The molecule has 0 unspecified atom stereocenters. The zero-order chi connectivity index (χ0) is 21.3. The summed E-state index contributed by atoms with van der Waals surface area (Å²) >= 11 is 0. The van der Waals surface area contributed by atoms with Gasteiger partial charge in [0.1, 0.15) is 18.1 Å². The van der Waals surface area contributed by atoms with Crippen LogP contribution in [0.3, 0.4) is 0 Å². The van der Waals surface area contributed by atoms with Crippen molar-refractivity contribution in [3.05, 3.63) is 100 Å². The lowest BCUT2D eigenvalue weighted by atomic mass is 9.86. The third kappa shape index (κ3) is 4.16. The van der Waals surface area contributed by atoms with Crippen LogP contribution >= 0.6 is 0 Å². The zero-order valence-corrected chi connectivity index (χ0v) is 17.9. The average Bonchev–Trinajstić information content (AvgIpc) is 3.02. The molecule has 0 amide bonds. The van der Waals surface area contributed by atoms with Gasteiger partial charge in [0, 0.05) is 6.07 Å². The van der Waals surface area contributed by atoms with Gasteiger partial charge in [0.05, 0.1) is 5.56 Å². The number of carbonyl (C=O) groups is 1. The van der Waals surface area contributed by atoms with Crippen molar-refractivity contribution in [1.29, 1.82) is 0 Å². The molecule has 1 aliphatic rings.